The topological polar surface area (TPSA) is 90.7 Å². The van der Waals surface area contributed by atoms with Crippen molar-refractivity contribution in [3.05, 3.63) is 99.6 Å². The maximum absolute atomic E-state index is 11.3. The lowest BCUT2D eigenvalue weighted by atomic mass is 9.99. The monoisotopic (exact) mass is 416 g/mol. The SMILES string of the molecule is CN(C)Cc1ccc(N/C(=C2/c3cc([N+](=O)[O-])ccc3NC2O)c2ccccc2)cc1. The maximum Gasteiger partial charge on any atom is 0.270 e. The first-order chi connectivity index (χ1) is 14.9. The van der Waals surface area contributed by atoms with Gasteiger partial charge in [0, 0.05) is 41.2 Å². The molecule has 1 aliphatic heterocycles. The smallest absolute Gasteiger partial charge is 0.270 e. The summed E-state index contributed by atoms with van der Waals surface area (Å²) >= 11 is 0. The summed E-state index contributed by atoms with van der Waals surface area (Å²) in [7, 11) is 4.05. The zero-order valence-electron chi connectivity index (χ0n) is 17.4. The van der Waals surface area contributed by atoms with Crippen LogP contribution in [0.4, 0.5) is 17.1 Å². The van der Waals surface area contributed by atoms with Gasteiger partial charge >= 0.3 is 0 Å². The molecule has 3 aromatic rings. The third-order valence-electron chi connectivity index (χ3n) is 5.12. The Hall–Kier alpha value is -3.68. The quantitative estimate of drug-likeness (QED) is 0.408. The molecule has 1 unspecified atom stereocenters. The van der Waals surface area contributed by atoms with E-state index in [1.807, 2.05) is 56.6 Å². The number of benzene rings is 3. The first-order valence-corrected chi connectivity index (χ1v) is 9.96. The average Bonchev–Trinajstić information content (AvgIpc) is 3.08. The van der Waals surface area contributed by atoms with E-state index in [1.54, 1.807) is 6.07 Å². The minimum absolute atomic E-state index is 0.0207. The second kappa shape index (κ2) is 8.59. The molecule has 0 bridgehead atoms. The summed E-state index contributed by atoms with van der Waals surface area (Å²) in [6.07, 6.45) is -0.993. The number of hydrogen-bond acceptors (Lipinski definition) is 6. The highest BCUT2D eigenvalue weighted by Crippen LogP contribution is 2.41. The third kappa shape index (κ3) is 4.42. The number of aliphatic hydroxyl groups excluding tert-OH is 1. The van der Waals surface area contributed by atoms with Crippen molar-refractivity contribution in [2.24, 2.45) is 0 Å². The summed E-state index contributed by atoms with van der Waals surface area (Å²) in [5.41, 5.74) is 5.43. The van der Waals surface area contributed by atoms with Gasteiger partial charge in [-0.15, -0.1) is 0 Å². The van der Waals surface area contributed by atoms with Gasteiger partial charge in [-0.2, -0.15) is 0 Å². The Morgan fingerprint density at radius 2 is 1.81 bits per heavy atom. The number of nitrogens with one attached hydrogen (secondary N) is 2. The summed E-state index contributed by atoms with van der Waals surface area (Å²) in [6, 6.07) is 22.3. The van der Waals surface area contributed by atoms with Gasteiger partial charge < -0.3 is 20.6 Å². The van der Waals surface area contributed by atoms with Crippen molar-refractivity contribution in [3.63, 3.8) is 0 Å². The van der Waals surface area contributed by atoms with E-state index in [0.29, 0.717) is 22.5 Å². The lowest BCUT2D eigenvalue weighted by molar-refractivity contribution is -0.384. The molecule has 158 valence electrons. The molecule has 0 spiro atoms. The van der Waals surface area contributed by atoms with Crippen molar-refractivity contribution in [2.45, 2.75) is 12.8 Å². The van der Waals surface area contributed by atoms with Gasteiger partial charge in [-0.1, -0.05) is 42.5 Å². The molecule has 1 atom stereocenters. The Kier molecular flexibility index (Phi) is 5.70. The van der Waals surface area contributed by atoms with Crippen LogP contribution in [0.15, 0.2) is 72.8 Å². The number of nitro benzene ring substituents is 1. The first kappa shape index (κ1) is 20.6. The summed E-state index contributed by atoms with van der Waals surface area (Å²) in [5, 5.41) is 28.6. The van der Waals surface area contributed by atoms with Crippen LogP contribution in [0.2, 0.25) is 0 Å². The molecule has 0 fully saturated rings. The number of nitro groups is 1. The standard InChI is InChI=1S/C24H24N4O3/c1-27(2)15-16-8-10-18(11-9-16)25-23(17-6-4-3-5-7-17)22-20-14-19(28(30)31)12-13-21(20)26-24(22)29/h3-14,24-26,29H,15H2,1-2H3/b23-22-. The molecule has 4 rings (SSSR count). The molecular weight excluding hydrogens is 392 g/mol. The first-order valence-electron chi connectivity index (χ1n) is 9.96. The Balaban J connectivity index is 1.81. The molecule has 7 nitrogen and oxygen atoms in total. The van der Waals surface area contributed by atoms with Crippen LogP contribution in [0.25, 0.3) is 11.3 Å². The number of aliphatic hydroxyl groups is 1. The van der Waals surface area contributed by atoms with E-state index in [2.05, 4.69) is 27.7 Å². The molecule has 0 saturated heterocycles. The van der Waals surface area contributed by atoms with Gasteiger partial charge in [0.1, 0.15) is 0 Å². The number of fused-ring (bicyclic) bond motifs is 1. The van der Waals surface area contributed by atoms with Gasteiger partial charge in [0.05, 0.1) is 10.6 Å². The number of hydrogen-bond donors (Lipinski definition) is 3. The largest absolute Gasteiger partial charge is 0.369 e. The minimum Gasteiger partial charge on any atom is -0.369 e. The zero-order chi connectivity index (χ0) is 22.0. The molecule has 1 aliphatic rings. The highest BCUT2D eigenvalue weighted by molar-refractivity contribution is 6.03. The highest BCUT2D eigenvalue weighted by atomic mass is 16.6. The lowest BCUT2D eigenvalue weighted by Gasteiger charge is -2.18. The fourth-order valence-electron chi connectivity index (χ4n) is 3.74. The van der Waals surface area contributed by atoms with Crippen LogP contribution < -0.4 is 10.6 Å². The van der Waals surface area contributed by atoms with Crippen LogP contribution >= 0.6 is 0 Å². The van der Waals surface area contributed by atoms with Crippen molar-refractivity contribution >= 4 is 28.3 Å². The van der Waals surface area contributed by atoms with Crippen LogP contribution in [0.1, 0.15) is 16.7 Å². The molecule has 1 heterocycles. The van der Waals surface area contributed by atoms with Crippen molar-refractivity contribution in [1.82, 2.24) is 4.90 Å². The van der Waals surface area contributed by atoms with E-state index >= 15 is 0 Å². The summed E-state index contributed by atoms with van der Waals surface area (Å²) in [5.74, 6) is 0. The minimum atomic E-state index is -0.993. The van der Waals surface area contributed by atoms with E-state index in [4.69, 9.17) is 0 Å². The number of anilines is 2. The van der Waals surface area contributed by atoms with Gasteiger partial charge in [-0.25, -0.2) is 0 Å². The van der Waals surface area contributed by atoms with E-state index in [0.717, 1.165) is 17.8 Å². The van der Waals surface area contributed by atoms with Crippen LogP contribution in [-0.4, -0.2) is 35.3 Å². The predicted molar refractivity (Wildman–Crippen MR) is 123 cm³/mol. The van der Waals surface area contributed by atoms with E-state index < -0.39 is 11.2 Å². The Morgan fingerprint density at radius 3 is 2.45 bits per heavy atom. The van der Waals surface area contributed by atoms with Crippen LogP contribution in [-0.2, 0) is 6.54 Å². The van der Waals surface area contributed by atoms with Crippen molar-refractivity contribution < 1.29 is 10.0 Å². The highest BCUT2D eigenvalue weighted by Gasteiger charge is 2.30. The summed E-state index contributed by atoms with van der Waals surface area (Å²) in [6.45, 7) is 0.840. The summed E-state index contributed by atoms with van der Waals surface area (Å²) in [4.78, 5) is 13.0. The van der Waals surface area contributed by atoms with Crippen LogP contribution in [0, 0.1) is 10.1 Å². The molecule has 31 heavy (non-hydrogen) atoms. The maximum atomic E-state index is 11.3. The molecule has 7 heteroatoms. The fraction of sp³-hybridized carbons (Fsp3) is 0.167. The fourth-order valence-corrected chi connectivity index (χ4v) is 3.74. The zero-order valence-corrected chi connectivity index (χ0v) is 17.4. The second-order valence-corrected chi connectivity index (χ2v) is 7.75. The summed E-state index contributed by atoms with van der Waals surface area (Å²) < 4.78 is 0. The molecule has 0 saturated carbocycles. The molecule has 3 N–H and O–H groups in total. The Labute approximate surface area is 180 Å². The van der Waals surface area contributed by atoms with E-state index in [9.17, 15) is 15.2 Å². The molecule has 0 radical (unpaired) electrons. The molecule has 0 aromatic heterocycles. The van der Waals surface area contributed by atoms with Crippen LogP contribution in [0.5, 0.6) is 0 Å². The van der Waals surface area contributed by atoms with Gasteiger partial charge in [0.15, 0.2) is 6.23 Å². The molecular formula is C24H24N4O3. The lowest BCUT2D eigenvalue weighted by Crippen LogP contribution is -2.16. The molecule has 3 aromatic carbocycles. The predicted octanol–water partition coefficient (Wildman–Crippen LogP) is 4.38. The van der Waals surface area contributed by atoms with Crippen molar-refractivity contribution in [2.75, 3.05) is 24.7 Å². The van der Waals surface area contributed by atoms with Gasteiger partial charge in [-0.3, -0.25) is 10.1 Å². The average molecular weight is 416 g/mol. The normalized spacial score (nSPS) is 16.6. The van der Waals surface area contributed by atoms with E-state index in [1.165, 1.54) is 17.7 Å². The van der Waals surface area contributed by atoms with Crippen molar-refractivity contribution in [1.29, 1.82) is 0 Å². The van der Waals surface area contributed by atoms with Gasteiger partial charge in [0.25, 0.3) is 5.69 Å². The van der Waals surface area contributed by atoms with E-state index in [-0.39, 0.29) is 5.69 Å². The van der Waals surface area contributed by atoms with Gasteiger partial charge in [-0.05, 0) is 43.4 Å². The Bertz CT molecular complexity index is 1130. The second-order valence-electron chi connectivity index (χ2n) is 7.75. The van der Waals surface area contributed by atoms with Crippen LogP contribution in [0.3, 0.4) is 0 Å². The number of nitrogens with zero attached hydrogens (tertiary/aromatic N) is 2. The number of rotatable bonds is 6. The van der Waals surface area contributed by atoms with Gasteiger partial charge in [0.2, 0.25) is 0 Å². The molecule has 0 aliphatic carbocycles. The van der Waals surface area contributed by atoms with Crippen molar-refractivity contribution in [3.8, 4) is 0 Å². The third-order valence-corrected chi connectivity index (χ3v) is 5.12. The Morgan fingerprint density at radius 1 is 1.10 bits per heavy atom. The molecule has 0 amide bonds. The number of non-ortho nitro benzene ring substituents is 1.